The van der Waals surface area contributed by atoms with Gasteiger partial charge in [-0.05, 0) is 42.7 Å². The average molecular weight is 370 g/mol. The van der Waals surface area contributed by atoms with Gasteiger partial charge >= 0.3 is 12.4 Å². The molecule has 0 fully saturated rings. The zero-order valence-electron chi connectivity index (χ0n) is 14.1. The molecule has 2 aromatic rings. The number of halogens is 4. The van der Waals surface area contributed by atoms with Gasteiger partial charge in [0, 0.05) is 6.07 Å². The molecule has 0 radical (unpaired) electrons. The molecule has 0 aromatic heterocycles. The van der Waals surface area contributed by atoms with Gasteiger partial charge in [0.05, 0.1) is 5.56 Å². The van der Waals surface area contributed by atoms with Crippen LogP contribution in [0.3, 0.4) is 0 Å². The predicted octanol–water partition coefficient (Wildman–Crippen LogP) is 5.87. The van der Waals surface area contributed by atoms with E-state index >= 15 is 0 Å². The van der Waals surface area contributed by atoms with Crippen molar-refractivity contribution >= 4 is 0 Å². The molecule has 0 saturated heterocycles. The van der Waals surface area contributed by atoms with Gasteiger partial charge in [-0.25, -0.2) is 0 Å². The van der Waals surface area contributed by atoms with Crippen LogP contribution in [0.15, 0.2) is 42.5 Å². The average Bonchev–Trinajstić information content (AvgIpc) is 2.88. The number of aryl methyl sites for hydroxylation is 1. The normalized spacial score (nSPS) is 15.1. The largest absolute Gasteiger partial charge is 0.586 e. The van der Waals surface area contributed by atoms with Gasteiger partial charge < -0.3 is 14.2 Å². The molecule has 26 heavy (non-hydrogen) atoms. The Morgan fingerprint density at radius 2 is 1.65 bits per heavy atom. The second-order valence-electron chi connectivity index (χ2n) is 6.05. The fourth-order valence-electron chi connectivity index (χ4n) is 2.64. The molecule has 0 bridgehead atoms. The Morgan fingerprint density at radius 1 is 0.962 bits per heavy atom. The Kier molecular flexibility index (Phi) is 4.98. The predicted molar refractivity (Wildman–Crippen MR) is 86.8 cm³/mol. The molecule has 3 rings (SSSR count). The summed E-state index contributed by atoms with van der Waals surface area (Å²) in [5.41, 5.74) is 0.656. The lowest BCUT2D eigenvalue weighted by Gasteiger charge is -2.18. The third-order valence-electron chi connectivity index (χ3n) is 3.98. The number of alkyl halides is 4. The summed E-state index contributed by atoms with van der Waals surface area (Å²) in [4.78, 5) is 0. The monoisotopic (exact) mass is 370 g/mol. The molecule has 0 unspecified atom stereocenters. The van der Waals surface area contributed by atoms with Crippen molar-refractivity contribution in [3.8, 4) is 17.2 Å². The molecule has 1 heterocycles. The molecular weight excluding hydrogens is 352 g/mol. The highest BCUT2D eigenvalue weighted by Crippen LogP contribution is 2.44. The minimum Gasteiger partial charge on any atom is -0.429 e. The molecule has 7 heteroatoms. The third kappa shape index (κ3) is 4.20. The van der Waals surface area contributed by atoms with Crippen LogP contribution in [-0.4, -0.2) is 6.29 Å². The molecule has 0 amide bonds. The fourth-order valence-corrected chi connectivity index (χ4v) is 2.64. The Morgan fingerprint density at radius 3 is 2.35 bits per heavy atom. The van der Waals surface area contributed by atoms with Gasteiger partial charge in [-0.1, -0.05) is 31.9 Å². The van der Waals surface area contributed by atoms with Gasteiger partial charge in [0.25, 0.3) is 0 Å². The standard InChI is InChI=1S/C19H18F4O3/c1-2-3-4-5-13-6-8-14(9-7-13)18(20,21)24-15-10-11-16-17(12-15)26-19(22,23)25-16/h6-12H,2-5H2,1H3. The number of fused-ring (bicyclic) bond motifs is 1. The molecule has 0 spiro atoms. The van der Waals surface area contributed by atoms with E-state index in [2.05, 4.69) is 16.4 Å². The Labute approximate surface area is 148 Å². The van der Waals surface area contributed by atoms with Crippen molar-refractivity contribution in [1.82, 2.24) is 0 Å². The Hall–Kier alpha value is -2.44. The van der Waals surface area contributed by atoms with Crippen LogP contribution in [-0.2, 0) is 12.5 Å². The molecule has 140 valence electrons. The van der Waals surface area contributed by atoms with Crippen molar-refractivity contribution in [2.75, 3.05) is 0 Å². The highest BCUT2D eigenvalue weighted by atomic mass is 19.3. The minimum absolute atomic E-state index is 0.234. The molecule has 3 nitrogen and oxygen atoms in total. The minimum atomic E-state index is -3.81. The second kappa shape index (κ2) is 7.05. The van der Waals surface area contributed by atoms with Crippen molar-refractivity contribution in [2.24, 2.45) is 0 Å². The Bertz CT molecular complexity index is 760. The number of benzene rings is 2. The summed E-state index contributed by atoms with van der Waals surface area (Å²) < 4.78 is 67.8. The van der Waals surface area contributed by atoms with Crippen LogP contribution in [0.25, 0.3) is 0 Å². The highest BCUT2D eigenvalue weighted by molar-refractivity contribution is 5.47. The van der Waals surface area contributed by atoms with E-state index in [-0.39, 0.29) is 22.8 Å². The lowest BCUT2D eigenvalue weighted by molar-refractivity contribution is -0.286. The quantitative estimate of drug-likeness (QED) is 0.451. The number of hydrogen-bond donors (Lipinski definition) is 0. The van der Waals surface area contributed by atoms with Gasteiger partial charge in [0.1, 0.15) is 5.75 Å². The van der Waals surface area contributed by atoms with Crippen LogP contribution in [0.4, 0.5) is 17.6 Å². The summed E-state index contributed by atoms with van der Waals surface area (Å²) in [5.74, 6) is -0.890. The summed E-state index contributed by atoms with van der Waals surface area (Å²) in [5, 5.41) is 0. The lowest BCUT2D eigenvalue weighted by atomic mass is 10.1. The summed E-state index contributed by atoms with van der Waals surface area (Å²) in [6, 6.07) is 9.06. The van der Waals surface area contributed by atoms with Crippen LogP contribution >= 0.6 is 0 Å². The van der Waals surface area contributed by atoms with Gasteiger partial charge in [-0.3, -0.25) is 0 Å². The van der Waals surface area contributed by atoms with Crippen molar-refractivity contribution in [2.45, 2.75) is 45.0 Å². The van der Waals surface area contributed by atoms with E-state index < -0.39 is 12.4 Å². The van der Waals surface area contributed by atoms with Crippen molar-refractivity contribution in [3.05, 3.63) is 53.6 Å². The van der Waals surface area contributed by atoms with E-state index in [9.17, 15) is 17.6 Å². The molecule has 0 aliphatic carbocycles. The van der Waals surface area contributed by atoms with Crippen LogP contribution in [0.5, 0.6) is 17.2 Å². The zero-order valence-corrected chi connectivity index (χ0v) is 14.1. The van der Waals surface area contributed by atoms with E-state index in [4.69, 9.17) is 4.74 Å². The summed E-state index contributed by atoms with van der Waals surface area (Å²) in [6.45, 7) is 2.10. The van der Waals surface area contributed by atoms with Crippen molar-refractivity contribution in [3.63, 3.8) is 0 Å². The molecule has 1 aliphatic heterocycles. The van der Waals surface area contributed by atoms with E-state index in [1.807, 2.05) is 0 Å². The first-order valence-electron chi connectivity index (χ1n) is 8.35. The van der Waals surface area contributed by atoms with Crippen LogP contribution in [0.1, 0.15) is 37.3 Å². The number of rotatable bonds is 7. The smallest absolute Gasteiger partial charge is 0.429 e. The van der Waals surface area contributed by atoms with E-state index in [0.29, 0.717) is 0 Å². The van der Waals surface area contributed by atoms with E-state index in [0.717, 1.165) is 49.4 Å². The van der Waals surface area contributed by atoms with E-state index in [1.165, 1.54) is 12.1 Å². The maximum absolute atomic E-state index is 14.3. The zero-order chi connectivity index (χ0) is 18.8. The van der Waals surface area contributed by atoms with Crippen LogP contribution < -0.4 is 14.2 Å². The highest BCUT2D eigenvalue weighted by Gasteiger charge is 2.44. The number of hydrogen-bond acceptors (Lipinski definition) is 3. The fraction of sp³-hybridized carbons (Fsp3) is 0.368. The van der Waals surface area contributed by atoms with Gasteiger partial charge in [-0.2, -0.15) is 8.78 Å². The summed E-state index contributed by atoms with van der Waals surface area (Å²) in [6.07, 6.45) is -3.41. The molecule has 0 saturated carbocycles. The maximum atomic E-state index is 14.3. The van der Waals surface area contributed by atoms with Gasteiger partial charge in [0.15, 0.2) is 11.5 Å². The first-order valence-corrected chi connectivity index (χ1v) is 8.35. The summed E-state index contributed by atoms with van der Waals surface area (Å²) in [7, 11) is 0. The van der Waals surface area contributed by atoms with E-state index in [1.54, 1.807) is 12.1 Å². The molecular formula is C19H18F4O3. The molecule has 0 N–H and O–H groups in total. The van der Waals surface area contributed by atoms with Crippen molar-refractivity contribution in [1.29, 1.82) is 0 Å². The first kappa shape index (κ1) is 18.4. The maximum Gasteiger partial charge on any atom is 0.586 e. The molecule has 1 aliphatic rings. The third-order valence-corrected chi connectivity index (χ3v) is 3.98. The second-order valence-corrected chi connectivity index (χ2v) is 6.05. The molecule has 2 aromatic carbocycles. The summed E-state index contributed by atoms with van der Waals surface area (Å²) >= 11 is 0. The number of unbranched alkanes of at least 4 members (excludes halogenated alkanes) is 2. The van der Waals surface area contributed by atoms with Gasteiger partial charge in [0.2, 0.25) is 0 Å². The van der Waals surface area contributed by atoms with Crippen molar-refractivity contribution < 1.29 is 31.8 Å². The van der Waals surface area contributed by atoms with Crippen LogP contribution in [0.2, 0.25) is 0 Å². The Balaban J connectivity index is 1.69. The lowest BCUT2D eigenvalue weighted by Crippen LogP contribution is -2.25. The topological polar surface area (TPSA) is 27.7 Å². The van der Waals surface area contributed by atoms with Crippen LogP contribution in [0, 0.1) is 0 Å². The van der Waals surface area contributed by atoms with Gasteiger partial charge in [-0.15, -0.1) is 8.78 Å². The SMILES string of the molecule is CCCCCc1ccc(C(F)(F)Oc2ccc3c(c2)OC(F)(F)O3)cc1. The number of ether oxygens (including phenoxy) is 3. The molecule has 0 atom stereocenters. The first-order chi connectivity index (χ1) is 12.3.